The summed E-state index contributed by atoms with van der Waals surface area (Å²) in [5.41, 5.74) is 8.20. The number of hydrogen-bond acceptors (Lipinski definition) is 5. The average molecular weight is 467 g/mol. The Morgan fingerprint density at radius 2 is 1.78 bits per heavy atom. The van der Waals surface area contributed by atoms with Crippen LogP contribution in [0.1, 0.15) is 23.4 Å². The number of nitrogens with two attached hydrogens (primary N) is 1. The van der Waals surface area contributed by atoms with Crippen molar-refractivity contribution in [3.05, 3.63) is 98.4 Å². The van der Waals surface area contributed by atoms with E-state index in [1.807, 2.05) is 58.5 Å². The van der Waals surface area contributed by atoms with Gasteiger partial charge in [0.2, 0.25) is 0 Å². The lowest BCUT2D eigenvalue weighted by molar-refractivity contribution is 0.268. The van der Waals surface area contributed by atoms with Crippen molar-refractivity contribution in [3.63, 3.8) is 0 Å². The number of benzene rings is 2. The highest BCUT2D eigenvalue weighted by atomic mass is 35.5. The summed E-state index contributed by atoms with van der Waals surface area (Å²) >= 11 is 7.53. The molecule has 0 aliphatic carbocycles. The van der Waals surface area contributed by atoms with E-state index < -0.39 is 0 Å². The molecule has 0 saturated heterocycles. The van der Waals surface area contributed by atoms with E-state index in [0.29, 0.717) is 18.5 Å². The minimum Gasteiger partial charge on any atom is -0.329 e. The van der Waals surface area contributed by atoms with Gasteiger partial charge in [-0.15, -0.1) is 11.3 Å². The fourth-order valence-electron chi connectivity index (χ4n) is 3.87. The van der Waals surface area contributed by atoms with Gasteiger partial charge in [-0.1, -0.05) is 54.1 Å². The molecule has 0 atom stereocenters. The second kappa shape index (κ2) is 10.9. The van der Waals surface area contributed by atoms with Gasteiger partial charge in [0.15, 0.2) is 0 Å². The number of rotatable bonds is 10. The van der Waals surface area contributed by atoms with E-state index in [1.165, 1.54) is 16.9 Å². The molecule has 2 aromatic heterocycles. The highest BCUT2D eigenvalue weighted by Gasteiger charge is 2.13. The number of thiophene rings is 1. The first-order chi connectivity index (χ1) is 15.6. The Labute approximate surface area is 197 Å². The number of fused-ring (bicyclic) bond motifs is 1. The molecule has 0 aliphatic rings. The molecule has 0 amide bonds. The lowest BCUT2D eigenvalue weighted by Gasteiger charge is -2.22. The number of hydrogen-bond donors (Lipinski definition) is 1. The van der Waals surface area contributed by atoms with Crippen molar-refractivity contribution in [3.8, 4) is 0 Å². The molecule has 0 bridgehead atoms. The molecule has 0 saturated carbocycles. The minimum atomic E-state index is 0.0371. The third-order valence-electron chi connectivity index (χ3n) is 5.49. The topological polar surface area (TPSA) is 64.2 Å². The van der Waals surface area contributed by atoms with Crippen LogP contribution in [0.15, 0.2) is 70.8 Å². The van der Waals surface area contributed by atoms with Crippen molar-refractivity contribution >= 4 is 33.2 Å². The summed E-state index contributed by atoms with van der Waals surface area (Å²) in [6.07, 6.45) is 1.63. The van der Waals surface area contributed by atoms with Crippen LogP contribution in [0.4, 0.5) is 0 Å². The van der Waals surface area contributed by atoms with Crippen LogP contribution in [-0.4, -0.2) is 34.1 Å². The Hall–Kier alpha value is -2.51. The minimum absolute atomic E-state index is 0.0371. The van der Waals surface area contributed by atoms with Crippen LogP contribution in [0.25, 0.3) is 10.2 Å². The molecule has 0 radical (unpaired) electrons. The predicted molar refractivity (Wildman–Crippen MR) is 134 cm³/mol. The summed E-state index contributed by atoms with van der Waals surface area (Å²) in [5, 5.41) is 3.37. The Balaban J connectivity index is 1.50. The fourth-order valence-corrected chi connectivity index (χ4v) is 4.77. The van der Waals surface area contributed by atoms with Gasteiger partial charge in [0.05, 0.1) is 11.9 Å². The Kier molecular flexibility index (Phi) is 7.71. The summed E-state index contributed by atoms with van der Waals surface area (Å²) in [4.78, 5) is 21.2. The van der Waals surface area contributed by atoms with E-state index in [0.717, 1.165) is 53.7 Å². The van der Waals surface area contributed by atoms with Crippen molar-refractivity contribution < 1.29 is 0 Å². The summed E-state index contributed by atoms with van der Waals surface area (Å²) < 4.78 is 1.83. The first-order valence-corrected chi connectivity index (χ1v) is 12.1. The summed E-state index contributed by atoms with van der Waals surface area (Å²) in [5.74, 6) is 0.841. The highest BCUT2D eigenvalue weighted by Crippen LogP contribution is 2.17. The molecule has 2 N–H and O–H groups in total. The lowest BCUT2D eigenvalue weighted by Crippen LogP contribution is -2.31. The number of aromatic nitrogens is 2. The zero-order chi connectivity index (χ0) is 22.3. The zero-order valence-electron chi connectivity index (χ0n) is 17.9. The largest absolute Gasteiger partial charge is 0.329 e. The molecule has 5 nitrogen and oxygen atoms in total. The first kappa shape index (κ1) is 22.7. The molecule has 166 valence electrons. The molecule has 7 heteroatoms. The predicted octanol–water partition coefficient (Wildman–Crippen LogP) is 4.55. The normalized spacial score (nSPS) is 11.5. The Morgan fingerprint density at radius 3 is 2.53 bits per heavy atom. The molecular formula is C25H27ClN4OS. The van der Waals surface area contributed by atoms with Crippen LogP contribution in [-0.2, 0) is 19.5 Å². The quantitative estimate of drug-likeness (QED) is 0.372. The van der Waals surface area contributed by atoms with Crippen molar-refractivity contribution in [1.82, 2.24) is 14.5 Å². The van der Waals surface area contributed by atoms with Gasteiger partial charge in [-0.3, -0.25) is 14.3 Å². The Morgan fingerprint density at radius 1 is 1.00 bits per heavy atom. The molecule has 4 aromatic rings. The third kappa shape index (κ3) is 5.64. The molecule has 2 aromatic carbocycles. The zero-order valence-corrected chi connectivity index (χ0v) is 19.5. The molecule has 2 heterocycles. The maximum atomic E-state index is 13.2. The van der Waals surface area contributed by atoms with Crippen LogP contribution in [0.2, 0.25) is 5.02 Å². The molecule has 32 heavy (non-hydrogen) atoms. The molecule has 0 unspecified atom stereocenters. The van der Waals surface area contributed by atoms with E-state index in [4.69, 9.17) is 22.3 Å². The van der Waals surface area contributed by atoms with Gasteiger partial charge in [-0.2, -0.15) is 0 Å². The summed E-state index contributed by atoms with van der Waals surface area (Å²) in [6.45, 7) is 3.65. The van der Waals surface area contributed by atoms with Crippen molar-refractivity contribution in [2.75, 3.05) is 19.6 Å². The SMILES string of the molecule is NCCN(CCCc1nc2sccc2c(=O)n1Cc1ccccc1)Cc1ccc(Cl)cc1. The third-order valence-corrected chi connectivity index (χ3v) is 6.54. The highest BCUT2D eigenvalue weighted by molar-refractivity contribution is 7.16. The van der Waals surface area contributed by atoms with E-state index >= 15 is 0 Å². The van der Waals surface area contributed by atoms with E-state index in [2.05, 4.69) is 17.0 Å². The van der Waals surface area contributed by atoms with Crippen LogP contribution >= 0.6 is 22.9 Å². The second-order valence-electron chi connectivity index (χ2n) is 7.84. The lowest BCUT2D eigenvalue weighted by atomic mass is 10.2. The van der Waals surface area contributed by atoms with Gasteiger partial charge in [0, 0.05) is 31.1 Å². The molecule has 0 fully saturated rings. The van der Waals surface area contributed by atoms with Crippen LogP contribution in [0.3, 0.4) is 0 Å². The number of nitrogens with zero attached hydrogens (tertiary/aromatic N) is 3. The summed E-state index contributed by atoms with van der Waals surface area (Å²) in [7, 11) is 0. The maximum Gasteiger partial charge on any atom is 0.262 e. The van der Waals surface area contributed by atoms with Gasteiger partial charge >= 0.3 is 0 Å². The van der Waals surface area contributed by atoms with E-state index in [-0.39, 0.29) is 5.56 Å². The molecule has 0 aliphatic heterocycles. The Bertz CT molecular complexity index is 1200. The van der Waals surface area contributed by atoms with Crippen molar-refractivity contribution in [1.29, 1.82) is 0 Å². The van der Waals surface area contributed by atoms with Gasteiger partial charge in [0.1, 0.15) is 10.7 Å². The van der Waals surface area contributed by atoms with Crippen LogP contribution in [0, 0.1) is 0 Å². The fraction of sp³-hybridized carbons (Fsp3) is 0.280. The van der Waals surface area contributed by atoms with Gasteiger partial charge in [0.25, 0.3) is 5.56 Å². The maximum absolute atomic E-state index is 13.2. The number of halogens is 1. The second-order valence-corrected chi connectivity index (χ2v) is 9.17. The van der Waals surface area contributed by atoms with Gasteiger partial charge < -0.3 is 5.73 Å². The van der Waals surface area contributed by atoms with Crippen molar-refractivity contribution in [2.24, 2.45) is 5.73 Å². The van der Waals surface area contributed by atoms with E-state index in [1.54, 1.807) is 0 Å². The summed E-state index contributed by atoms with van der Waals surface area (Å²) in [6, 6.07) is 19.9. The molecular weight excluding hydrogens is 440 g/mol. The standard InChI is InChI=1S/C25H27ClN4OS/c26-21-10-8-20(9-11-21)17-29(15-13-27)14-4-7-23-28-24-22(12-16-32-24)25(31)30(23)18-19-5-2-1-3-6-19/h1-3,5-6,8-12,16H,4,7,13-15,17-18,27H2. The molecule has 0 spiro atoms. The van der Waals surface area contributed by atoms with Gasteiger partial charge in [-0.05, 0) is 47.7 Å². The smallest absolute Gasteiger partial charge is 0.262 e. The van der Waals surface area contributed by atoms with Crippen LogP contribution in [0.5, 0.6) is 0 Å². The van der Waals surface area contributed by atoms with Crippen LogP contribution < -0.4 is 11.3 Å². The van der Waals surface area contributed by atoms with Gasteiger partial charge in [-0.25, -0.2) is 4.98 Å². The number of aryl methyl sites for hydroxylation is 1. The monoisotopic (exact) mass is 466 g/mol. The molecule has 4 rings (SSSR count). The van der Waals surface area contributed by atoms with Crippen molar-refractivity contribution in [2.45, 2.75) is 25.9 Å². The average Bonchev–Trinajstić information content (AvgIpc) is 3.27. The first-order valence-electron chi connectivity index (χ1n) is 10.8. The van der Waals surface area contributed by atoms with E-state index in [9.17, 15) is 4.79 Å².